The Bertz CT molecular complexity index is 737. The Kier molecular flexibility index (Phi) is 4.26. The molecule has 1 N–H and O–H groups in total. The van der Waals surface area contributed by atoms with Crippen molar-refractivity contribution in [2.75, 3.05) is 0 Å². The third-order valence-electron chi connectivity index (χ3n) is 2.54. The van der Waals surface area contributed by atoms with Gasteiger partial charge >= 0.3 is 0 Å². The molecule has 1 aromatic carbocycles. The number of aryl methyl sites for hydroxylation is 1. The van der Waals surface area contributed by atoms with Crippen LogP contribution in [0.1, 0.15) is 18.3 Å². The number of hydrogen-bond acceptors (Lipinski definition) is 5. The second-order valence-corrected chi connectivity index (χ2v) is 4.61. The number of halogens is 1. The number of aromatic amines is 1. The van der Waals surface area contributed by atoms with Crippen LogP contribution in [0.5, 0.6) is 0 Å². The number of nitrogens with zero attached hydrogens (tertiary/aromatic N) is 4. The summed E-state index contributed by atoms with van der Waals surface area (Å²) >= 11 is 11.0. The number of rotatable bonds is 4. The highest BCUT2D eigenvalue weighted by atomic mass is 35.5. The lowest BCUT2D eigenvalue weighted by Crippen LogP contribution is -1.98. The third-order valence-corrected chi connectivity index (χ3v) is 3.14. The van der Waals surface area contributed by atoms with Crippen LogP contribution in [0.2, 0.25) is 5.02 Å². The predicted molar refractivity (Wildman–Crippen MR) is 77.9 cm³/mol. The highest BCUT2D eigenvalue weighted by Gasteiger charge is 2.08. The van der Waals surface area contributed by atoms with E-state index in [1.54, 1.807) is 0 Å². The van der Waals surface area contributed by atoms with Crippen molar-refractivity contribution in [3.8, 4) is 0 Å². The molecule has 7 nitrogen and oxygen atoms in total. The molecule has 9 heteroatoms. The molecule has 0 bridgehead atoms. The monoisotopic (exact) mass is 311 g/mol. The molecule has 0 atom stereocenters. The minimum atomic E-state index is -0.491. The summed E-state index contributed by atoms with van der Waals surface area (Å²) in [6.45, 7) is 1.91. The summed E-state index contributed by atoms with van der Waals surface area (Å²) < 4.78 is 1.80. The summed E-state index contributed by atoms with van der Waals surface area (Å²) in [5, 5.41) is 21.9. The van der Waals surface area contributed by atoms with E-state index >= 15 is 0 Å². The maximum atomic E-state index is 10.7. The quantitative estimate of drug-likeness (QED) is 0.407. The third kappa shape index (κ3) is 2.91. The number of nitro groups is 1. The van der Waals surface area contributed by atoms with Crippen molar-refractivity contribution in [3.05, 3.63) is 49.5 Å². The lowest BCUT2D eigenvalue weighted by atomic mass is 10.2. The fraction of sp³-hybridized carbons (Fsp3) is 0.182. The van der Waals surface area contributed by atoms with E-state index in [0.29, 0.717) is 27.6 Å². The van der Waals surface area contributed by atoms with E-state index in [2.05, 4.69) is 15.3 Å². The molecular weight excluding hydrogens is 302 g/mol. The van der Waals surface area contributed by atoms with Crippen LogP contribution in [-0.2, 0) is 6.42 Å². The van der Waals surface area contributed by atoms with Crippen molar-refractivity contribution >= 4 is 35.7 Å². The summed E-state index contributed by atoms with van der Waals surface area (Å²) in [5.74, 6) is 0.660. The number of benzene rings is 1. The van der Waals surface area contributed by atoms with Gasteiger partial charge in [0.25, 0.3) is 5.69 Å². The summed E-state index contributed by atoms with van der Waals surface area (Å²) in [6, 6.07) is 4.14. The minimum Gasteiger partial charge on any atom is -0.258 e. The molecule has 2 aromatic rings. The van der Waals surface area contributed by atoms with Crippen LogP contribution >= 0.6 is 23.8 Å². The zero-order valence-electron chi connectivity index (χ0n) is 10.4. The molecule has 0 aliphatic rings. The van der Waals surface area contributed by atoms with Crippen molar-refractivity contribution in [2.24, 2.45) is 5.10 Å². The Hall–Kier alpha value is -2.06. The van der Waals surface area contributed by atoms with E-state index in [1.165, 1.54) is 29.1 Å². The van der Waals surface area contributed by atoms with Gasteiger partial charge in [-0.1, -0.05) is 18.5 Å². The van der Waals surface area contributed by atoms with E-state index in [1.807, 2.05) is 6.92 Å². The lowest BCUT2D eigenvalue weighted by Gasteiger charge is -1.99. The second kappa shape index (κ2) is 5.93. The predicted octanol–water partition coefficient (Wildman–Crippen LogP) is 2.95. The van der Waals surface area contributed by atoms with Gasteiger partial charge in [-0.15, -0.1) is 0 Å². The fourth-order valence-electron chi connectivity index (χ4n) is 1.54. The van der Waals surface area contributed by atoms with Crippen molar-refractivity contribution in [2.45, 2.75) is 13.3 Å². The van der Waals surface area contributed by atoms with E-state index in [-0.39, 0.29) is 5.69 Å². The summed E-state index contributed by atoms with van der Waals surface area (Å²) in [5.41, 5.74) is 0.383. The largest absolute Gasteiger partial charge is 0.270 e. The van der Waals surface area contributed by atoms with Gasteiger partial charge in [0.1, 0.15) is 0 Å². The molecule has 0 amide bonds. The lowest BCUT2D eigenvalue weighted by molar-refractivity contribution is -0.384. The van der Waals surface area contributed by atoms with E-state index < -0.39 is 4.92 Å². The Morgan fingerprint density at radius 2 is 2.40 bits per heavy atom. The average molecular weight is 312 g/mol. The molecule has 1 aromatic heterocycles. The Balaban J connectivity index is 2.41. The highest BCUT2D eigenvalue weighted by molar-refractivity contribution is 7.71. The molecule has 0 aliphatic heterocycles. The van der Waals surface area contributed by atoms with Crippen LogP contribution in [0.15, 0.2) is 23.3 Å². The van der Waals surface area contributed by atoms with Gasteiger partial charge in [-0.3, -0.25) is 15.2 Å². The topological polar surface area (TPSA) is 89.1 Å². The first kappa shape index (κ1) is 14.4. The number of nitro benzene ring substituents is 1. The van der Waals surface area contributed by atoms with Crippen LogP contribution in [-0.4, -0.2) is 26.0 Å². The number of non-ortho nitro benzene ring substituents is 1. The molecule has 0 spiro atoms. The number of nitrogens with one attached hydrogen (secondary N) is 1. The first-order valence-corrected chi connectivity index (χ1v) is 6.46. The smallest absolute Gasteiger partial charge is 0.258 e. The molecular formula is C11H10ClN5O2S. The van der Waals surface area contributed by atoms with Crippen LogP contribution < -0.4 is 0 Å². The Morgan fingerprint density at radius 1 is 1.65 bits per heavy atom. The summed E-state index contributed by atoms with van der Waals surface area (Å²) in [6.07, 6.45) is 2.06. The van der Waals surface area contributed by atoms with Crippen molar-refractivity contribution in [1.82, 2.24) is 14.9 Å². The molecule has 104 valence electrons. The Labute approximate surface area is 124 Å². The molecule has 0 fully saturated rings. The van der Waals surface area contributed by atoms with E-state index in [9.17, 15) is 10.1 Å². The summed E-state index contributed by atoms with van der Waals surface area (Å²) in [7, 11) is 0. The van der Waals surface area contributed by atoms with E-state index in [4.69, 9.17) is 23.8 Å². The zero-order valence-corrected chi connectivity index (χ0v) is 12.0. The van der Waals surface area contributed by atoms with Crippen molar-refractivity contribution < 1.29 is 4.92 Å². The molecule has 2 rings (SSSR count). The maximum Gasteiger partial charge on any atom is 0.270 e. The van der Waals surface area contributed by atoms with Gasteiger partial charge in [-0.25, -0.2) is 0 Å². The van der Waals surface area contributed by atoms with Gasteiger partial charge in [0, 0.05) is 29.1 Å². The molecule has 1 heterocycles. The molecule has 20 heavy (non-hydrogen) atoms. The van der Waals surface area contributed by atoms with Gasteiger partial charge in [-0.05, 0) is 18.3 Å². The normalized spacial score (nSPS) is 11.1. The average Bonchev–Trinajstić information content (AvgIpc) is 2.78. The molecule has 0 saturated heterocycles. The molecule has 0 saturated carbocycles. The van der Waals surface area contributed by atoms with Gasteiger partial charge in [0.2, 0.25) is 4.77 Å². The highest BCUT2D eigenvalue weighted by Crippen LogP contribution is 2.20. The summed E-state index contributed by atoms with van der Waals surface area (Å²) in [4.78, 5) is 10.2. The second-order valence-electron chi connectivity index (χ2n) is 3.82. The first-order valence-electron chi connectivity index (χ1n) is 5.67. The van der Waals surface area contributed by atoms with Gasteiger partial charge in [-0.2, -0.15) is 14.9 Å². The number of aromatic nitrogens is 3. The van der Waals surface area contributed by atoms with Gasteiger partial charge < -0.3 is 0 Å². The number of H-pyrrole nitrogens is 1. The molecule has 0 radical (unpaired) electrons. The SMILES string of the molecule is CCc1n[nH]c(=S)n1/N=C/c1cc([N+](=O)[O-])ccc1Cl. The first-order chi connectivity index (χ1) is 9.52. The van der Waals surface area contributed by atoms with Crippen molar-refractivity contribution in [1.29, 1.82) is 0 Å². The fourth-order valence-corrected chi connectivity index (χ4v) is 1.90. The standard InChI is InChI=1S/C11H10ClN5O2S/c1-2-10-14-15-11(20)16(10)13-6-7-5-8(17(18)19)3-4-9(7)12/h3-6H,2H2,1H3,(H,15,20)/b13-6+. The van der Waals surface area contributed by atoms with Crippen LogP contribution in [0, 0.1) is 14.9 Å². The maximum absolute atomic E-state index is 10.7. The van der Waals surface area contributed by atoms with Gasteiger partial charge in [0.15, 0.2) is 5.82 Å². The van der Waals surface area contributed by atoms with Crippen LogP contribution in [0.4, 0.5) is 5.69 Å². The van der Waals surface area contributed by atoms with Crippen LogP contribution in [0.3, 0.4) is 0 Å². The molecule has 0 unspecified atom stereocenters. The van der Waals surface area contributed by atoms with Gasteiger partial charge in [0.05, 0.1) is 11.1 Å². The van der Waals surface area contributed by atoms with E-state index in [0.717, 1.165) is 0 Å². The number of hydrogen-bond donors (Lipinski definition) is 1. The van der Waals surface area contributed by atoms with Crippen LogP contribution in [0.25, 0.3) is 0 Å². The minimum absolute atomic E-state index is 0.0534. The zero-order chi connectivity index (χ0) is 14.7. The molecule has 0 aliphatic carbocycles. The Morgan fingerprint density at radius 3 is 3.05 bits per heavy atom. The van der Waals surface area contributed by atoms with Crippen molar-refractivity contribution in [3.63, 3.8) is 0 Å².